The van der Waals surface area contributed by atoms with Crippen molar-refractivity contribution in [1.82, 2.24) is 9.80 Å². The van der Waals surface area contributed by atoms with E-state index in [0.717, 1.165) is 51.0 Å². The highest BCUT2D eigenvalue weighted by Crippen LogP contribution is 2.51. The van der Waals surface area contributed by atoms with Crippen LogP contribution in [0.4, 0.5) is 0 Å². The Morgan fingerprint density at radius 1 is 1.03 bits per heavy atom. The molecule has 32 heavy (non-hydrogen) atoms. The number of ether oxygens (including phenoxy) is 1. The second-order valence-corrected chi connectivity index (χ2v) is 9.75. The summed E-state index contributed by atoms with van der Waals surface area (Å²) in [6.45, 7) is 12.9. The number of hydrogen-bond acceptors (Lipinski definition) is 4. The molecule has 0 spiro atoms. The first kappa shape index (κ1) is 24.5. The highest BCUT2D eigenvalue weighted by Gasteiger charge is 2.57. The summed E-state index contributed by atoms with van der Waals surface area (Å²) in [6.07, 6.45) is 3.00. The van der Waals surface area contributed by atoms with Crippen molar-refractivity contribution in [2.75, 3.05) is 33.2 Å². The standard InChI is InChI=1S/C28H40N2O2/c1-6-18-30(19-7-2)22-27(4)21-29(5)23(3)20-28(27,25-16-12-9-13-17-25)32-26(31)24-14-10-8-11-15-24/h8-17,23H,6-7,18-22H2,1-5H3. The maximum Gasteiger partial charge on any atom is 0.339 e. The first-order valence-electron chi connectivity index (χ1n) is 12.1. The molecule has 4 heteroatoms. The van der Waals surface area contributed by atoms with E-state index in [1.54, 1.807) is 0 Å². The number of rotatable bonds is 9. The Kier molecular flexibility index (Phi) is 8.13. The molecule has 2 aromatic rings. The average Bonchev–Trinajstić information content (AvgIpc) is 2.79. The summed E-state index contributed by atoms with van der Waals surface area (Å²) < 4.78 is 6.65. The van der Waals surface area contributed by atoms with Crippen LogP contribution in [0.15, 0.2) is 60.7 Å². The zero-order valence-corrected chi connectivity index (χ0v) is 20.5. The smallest absolute Gasteiger partial charge is 0.339 e. The molecule has 2 aromatic carbocycles. The highest BCUT2D eigenvalue weighted by molar-refractivity contribution is 5.89. The minimum Gasteiger partial charge on any atom is -0.450 e. The molecule has 1 aliphatic rings. The van der Waals surface area contributed by atoms with Gasteiger partial charge in [0.15, 0.2) is 0 Å². The van der Waals surface area contributed by atoms with Gasteiger partial charge in [-0.3, -0.25) is 0 Å². The summed E-state index contributed by atoms with van der Waals surface area (Å²) in [5, 5.41) is 0. The first-order valence-corrected chi connectivity index (χ1v) is 12.1. The van der Waals surface area contributed by atoms with Gasteiger partial charge in [0.1, 0.15) is 5.60 Å². The molecule has 0 N–H and O–H groups in total. The van der Waals surface area contributed by atoms with Crippen LogP contribution in [0.2, 0.25) is 0 Å². The summed E-state index contributed by atoms with van der Waals surface area (Å²) in [4.78, 5) is 18.4. The van der Waals surface area contributed by atoms with Crippen molar-refractivity contribution < 1.29 is 9.53 Å². The molecule has 3 unspecified atom stereocenters. The molecule has 4 nitrogen and oxygen atoms in total. The fraction of sp³-hybridized carbons (Fsp3) is 0.536. The zero-order chi connectivity index (χ0) is 23.2. The van der Waals surface area contributed by atoms with E-state index in [4.69, 9.17) is 4.74 Å². The number of carbonyl (C=O) groups is 1. The van der Waals surface area contributed by atoms with Gasteiger partial charge in [-0.2, -0.15) is 0 Å². The van der Waals surface area contributed by atoms with Gasteiger partial charge < -0.3 is 14.5 Å². The molecule has 174 valence electrons. The average molecular weight is 437 g/mol. The van der Waals surface area contributed by atoms with Gasteiger partial charge in [0.25, 0.3) is 0 Å². The molecule has 0 bridgehead atoms. The molecule has 0 aliphatic carbocycles. The molecule has 1 saturated heterocycles. The van der Waals surface area contributed by atoms with Gasteiger partial charge in [0.2, 0.25) is 0 Å². The third-order valence-electron chi connectivity index (χ3n) is 7.08. The predicted molar refractivity (Wildman–Crippen MR) is 132 cm³/mol. The molecule has 0 radical (unpaired) electrons. The fourth-order valence-electron chi connectivity index (χ4n) is 5.41. The summed E-state index contributed by atoms with van der Waals surface area (Å²) in [5.74, 6) is -0.241. The quantitative estimate of drug-likeness (QED) is 0.480. The van der Waals surface area contributed by atoms with Crippen molar-refractivity contribution in [2.45, 2.75) is 58.6 Å². The van der Waals surface area contributed by atoms with Crippen LogP contribution in [-0.2, 0) is 10.3 Å². The van der Waals surface area contributed by atoms with Crippen molar-refractivity contribution in [1.29, 1.82) is 0 Å². The molecule has 0 saturated carbocycles. The van der Waals surface area contributed by atoms with Crippen molar-refractivity contribution in [2.24, 2.45) is 5.41 Å². The van der Waals surface area contributed by atoms with Gasteiger partial charge in [0.05, 0.1) is 5.56 Å². The number of piperidine rings is 1. The SMILES string of the molecule is CCCN(CCC)CC1(C)CN(C)C(C)CC1(OC(=O)c1ccccc1)c1ccccc1. The van der Waals surface area contributed by atoms with Crippen molar-refractivity contribution >= 4 is 5.97 Å². The summed E-state index contributed by atoms with van der Waals surface area (Å²) in [7, 11) is 2.20. The second kappa shape index (κ2) is 10.6. The molecule has 1 heterocycles. The van der Waals surface area contributed by atoms with Crippen molar-refractivity contribution in [3.8, 4) is 0 Å². The van der Waals surface area contributed by atoms with Gasteiger partial charge >= 0.3 is 5.97 Å². The highest BCUT2D eigenvalue weighted by atomic mass is 16.6. The monoisotopic (exact) mass is 436 g/mol. The van der Waals surface area contributed by atoms with Gasteiger partial charge in [0, 0.05) is 31.0 Å². The molecule has 1 fully saturated rings. The predicted octanol–water partition coefficient (Wildman–Crippen LogP) is 5.59. The lowest BCUT2D eigenvalue weighted by molar-refractivity contribution is -0.159. The van der Waals surface area contributed by atoms with E-state index in [0.29, 0.717) is 11.6 Å². The largest absolute Gasteiger partial charge is 0.450 e. The lowest BCUT2D eigenvalue weighted by atomic mass is 9.63. The van der Waals surface area contributed by atoms with Crippen LogP contribution in [0.3, 0.4) is 0 Å². The Labute approximate surface area is 194 Å². The zero-order valence-electron chi connectivity index (χ0n) is 20.5. The van der Waals surface area contributed by atoms with Crippen LogP contribution in [-0.4, -0.2) is 55.0 Å². The van der Waals surface area contributed by atoms with Crippen molar-refractivity contribution in [3.63, 3.8) is 0 Å². The number of benzene rings is 2. The lowest BCUT2D eigenvalue weighted by Crippen LogP contribution is -2.63. The molecule has 0 amide bonds. The van der Waals surface area contributed by atoms with E-state index in [1.807, 2.05) is 36.4 Å². The van der Waals surface area contributed by atoms with E-state index in [9.17, 15) is 4.79 Å². The Bertz CT molecular complexity index is 850. The number of esters is 1. The van der Waals surface area contributed by atoms with Crippen LogP contribution in [0, 0.1) is 5.41 Å². The van der Waals surface area contributed by atoms with E-state index in [1.165, 1.54) is 0 Å². The summed E-state index contributed by atoms with van der Waals surface area (Å²) in [5.41, 5.74) is 0.743. The van der Waals surface area contributed by atoms with Gasteiger partial charge in [-0.05, 0) is 57.6 Å². The first-order chi connectivity index (χ1) is 15.3. The van der Waals surface area contributed by atoms with Gasteiger partial charge in [-0.15, -0.1) is 0 Å². The van der Waals surface area contributed by atoms with Gasteiger partial charge in [-0.1, -0.05) is 69.3 Å². The summed E-state index contributed by atoms with van der Waals surface area (Å²) >= 11 is 0. The molecule has 3 atom stereocenters. The minimum atomic E-state index is -0.702. The number of hydrogen-bond donors (Lipinski definition) is 0. The second-order valence-electron chi connectivity index (χ2n) is 9.75. The third kappa shape index (κ3) is 5.07. The van der Waals surface area contributed by atoms with Crippen LogP contribution in [0.5, 0.6) is 0 Å². The molecular weight excluding hydrogens is 396 g/mol. The Balaban J connectivity index is 2.10. The van der Waals surface area contributed by atoms with Crippen LogP contribution < -0.4 is 0 Å². The fourth-order valence-corrected chi connectivity index (χ4v) is 5.41. The number of nitrogens with zero attached hydrogens (tertiary/aromatic N) is 2. The van der Waals surface area contributed by atoms with Gasteiger partial charge in [-0.25, -0.2) is 4.79 Å². The Morgan fingerprint density at radius 3 is 2.16 bits per heavy atom. The molecule has 1 aliphatic heterocycles. The topological polar surface area (TPSA) is 32.8 Å². The van der Waals surface area contributed by atoms with Crippen LogP contribution >= 0.6 is 0 Å². The molecule has 0 aromatic heterocycles. The number of carbonyl (C=O) groups excluding carboxylic acids is 1. The Morgan fingerprint density at radius 2 is 1.59 bits per heavy atom. The normalized spacial score (nSPS) is 26.2. The lowest BCUT2D eigenvalue weighted by Gasteiger charge is -2.57. The maximum atomic E-state index is 13.5. The molecule has 3 rings (SSSR count). The Hall–Kier alpha value is -2.17. The van der Waals surface area contributed by atoms with Crippen molar-refractivity contribution in [3.05, 3.63) is 71.8 Å². The number of likely N-dealkylation sites (tertiary alicyclic amines) is 1. The van der Waals surface area contributed by atoms with E-state index in [2.05, 4.69) is 68.8 Å². The van der Waals surface area contributed by atoms with E-state index < -0.39 is 5.60 Å². The third-order valence-corrected chi connectivity index (χ3v) is 7.08. The van der Waals surface area contributed by atoms with E-state index in [-0.39, 0.29) is 11.4 Å². The van der Waals surface area contributed by atoms with Crippen LogP contribution in [0.1, 0.15) is 62.9 Å². The summed E-state index contributed by atoms with van der Waals surface area (Å²) in [6, 6.07) is 20.1. The minimum absolute atomic E-state index is 0.241. The van der Waals surface area contributed by atoms with E-state index >= 15 is 0 Å². The van der Waals surface area contributed by atoms with Crippen LogP contribution in [0.25, 0.3) is 0 Å². The maximum absolute atomic E-state index is 13.5. The molecular formula is C28H40N2O2.